The number of carboxylic acid groups (broad SMARTS) is 1. The lowest BCUT2D eigenvalue weighted by Crippen LogP contribution is -2.45. The number of hydrogen-bond donors (Lipinski definition) is 3. The molecule has 0 spiro atoms. The first-order chi connectivity index (χ1) is 13.1. The summed E-state index contributed by atoms with van der Waals surface area (Å²) in [5.74, 6) is -0.278. The number of rotatable bonds is 5. The lowest BCUT2D eigenvalue weighted by molar-refractivity contribution is 0.0697. The number of fused-ring (bicyclic) bond motifs is 1. The summed E-state index contributed by atoms with van der Waals surface area (Å²) in [6, 6.07) is 13.6. The van der Waals surface area contributed by atoms with Crippen molar-refractivity contribution in [1.82, 2.24) is 14.9 Å². The van der Waals surface area contributed by atoms with Gasteiger partial charge in [0.2, 0.25) is 5.95 Å². The molecule has 0 bridgehead atoms. The minimum Gasteiger partial charge on any atom is -0.478 e. The highest BCUT2D eigenvalue weighted by Gasteiger charge is 2.21. The Hall–Kier alpha value is -3.06. The molecule has 7 heteroatoms. The molecule has 3 aromatic rings. The third-order valence-electron chi connectivity index (χ3n) is 4.98. The molecule has 27 heavy (non-hydrogen) atoms. The van der Waals surface area contributed by atoms with Crippen molar-refractivity contribution in [3.8, 4) is 0 Å². The van der Waals surface area contributed by atoms with E-state index < -0.39 is 5.97 Å². The van der Waals surface area contributed by atoms with E-state index in [2.05, 4.69) is 32.1 Å². The number of hydrogen-bond acceptors (Lipinski definition) is 5. The smallest absolute Gasteiger partial charge is 0.337 e. The summed E-state index contributed by atoms with van der Waals surface area (Å²) >= 11 is 0. The molecule has 2 aromatic carbocycles. The zero-order valence-electron chi connectivity index (χ0n) is 15.3. The van der Waals surface area contributed by atoms with E-state index in [4.69, 9.17) is 0 Å². The van der Waals surface area contributed by atoms with E-state index in [-0.39, 0.29) is 0 Å². The first-order valence-corrected chi connectivity index (χ1v) is 9.08. The van der Waals surface area contributed by atoms with Crippen LogP contribution in [-0.2, 0) is 6.54 Å². The van der Waals surface area contributed by atoms with Crippen LogP contribution in [0.5, 0.6) is 0 Å². The number of likely N-dealkylation sites (N-methyl/N-ethyl adjacent to an activating group) is 1. The second-order valence-electron chi connectivity index (χ2n) is 6.91. The zero-order chi connectivity index (χ0) is 18.8. The predicted molar refractivity (Wildman–Crippen MR) is 107 cm³/mol. The maximum atomic E-state index is 11.8. The number of aromatic carboxylic acids is 1. The summed E-state index contributed by atoms with van der Waals surface area (Å²) in [4.78, 5) is 24.0. The molecule has 3 N–H and O–H groups in total. The van der Waals surface area contributed by atoms with Gasteiger partial charge in [0, 0.05) is 32.7 Å². The standard InChI is InChI=1S/C20H23N5O2/c1-24-7-9-25(10-8-24)18-12-17-16(11-15(18)19(26)27)22-20(23-17)21-13-14-5-3-2-4-6-14/h2-6,11-12H,7-10,13H2,1H3,(H,26,27)(H2,21,22,23). The molecule has 140 valence electrons. The first kappa shape index (κ1) is 17.4. The molecule has 1 aromatic heterocycles. The summed E-state index contributed by atoms with van der Waals surface area (Å²) in [7, 11) is 2.08. The number of aromatic nitrogens is 2. The molecule has 0 radical (unpaired) electrons. The Morgan fingerprint density at radius 3 is 2.63 bits per heavy atom. The van der Waals surface area contributed by atoms with Crippen molar-refractivity contribution >= 4 is 28.6 Å². The third-order valence-corrected chi connectivity index (χ3v) is 4.98. The number of anilines is 2. The normalized spacial score (nSPS) is 15.2. The minimum absolute atomic E-state index is 0.310. The fourth-order valence-electron chi connectivity index (χ4n) is 3.39. The Balaban J connectivity index is 1.61. The maximum Gasteiger partial charge on any atom is 0.337 e. The number of nitrogens with one attached hydrogen (secondary N) is 2. The van der Waals surface area contributed by atoms with Crippen LogP contribution < -0.4 is 10.2 Å². The third kappa shape index (κ3) is 3.73. The predicted octanol–water partition coefficient (Wildman–Crippen LogP) is 2.62. The zero-order valence-corrected chi connectivity index (χ0v) is 15.3. The Morgan fingerprint density at radius 1 is 1.19 bits per heavy atom. The van der Waals surface area contributed by atoms with Gasteiger partial charge >= 0.3 is 5.97 Å². The number of carbonyl (C=O) groups is 1. The van der Waals surface area contributed by atoms with Gasteiger partial charge in [-0.3, -0.25) is 0 Å². The Kier molecular flexibility index (Phi) is 4.68. The number of nitrogens with zero attached hydrogens (tertiary/aromatic N) is 3. The highest BCUT2D eigenvalue weighted by Crippen LogP contribution is 2.28. The highest BCUT2D eigenvalue weighted by molar-refractivity contribution is 6.00. The van der Waals surface area contributed by atoms with E-state index in [9.17, 15) is 9.90 Å². The van der Waals surface area contributed by atoms with E-state index in [1.54, 1.807) is 6.07 Å². The summed E-state index contributed by atoms with van der Waals surface area (Å²) in [6.45, 7) is 4.11. The average molecular weight is 365 g/mol. The molecular formula is C20H23N5O2. The number of carboxylic acids is 1. The Bertz CT molecular complexity index is 946. The molecule has 1 fully saturated rings. The largest absolute Gasteiger partial charge is 0.478 e. The summed E-state index contributed by atoms with van der Waals surface area (Å²) in [5.41, 5.74) is 3.70. The van der Waals surface area contributed by atoms with Gasteiger partial charge in [-0.05, 0) is 24.7 Å². The molecule has 0 unspecified atom stereocenters. The van der Waals surface area contributed by atoms with Gasteiger partial charge in [-0.1, -0.05) is 30.3 Å². The van der Waals surface area contributed by atoms with Crippen LogP contribution in [-0.4, -0.2) is 59.2 Å². The average Bonchev–Trinajstić information content (AvgIpc) is 3.09. The van der Waals surface area contributed by atoms with Crippen LogP contribution in [0.2, 0.25) is 0 Å². The SMILES string of the molecule is CN1CCN(c2cc3nc(NCc4ccccc4)[nH]c3cc2C(=O)O)CC1. The number of imidazole rings is 1. The molecule has 0 atom stereocenters. The second-order valence-corrected chi connectivity index (χ2v) is 6.91. The molecule has 4 rings (SSSR count). The molecule has 1 saturated heterocycles. The van der Waals surface area contributed by atoms with Crippen LogP contribution in [0.4, 0.5) is 11.6 Å². The summed E-state index contributed by atoms with van der Waals surface area (Å²) in [6.07, 6.45) is 0. The van der Waals surface area contributed by atoms with E-state index >= 15 is 0 Å². The topological polar surface area (TPSA) is 84.5 Å². The molecule has 0 saturated carbocycles. The van der Waals surface area contributed by atoms with Crippen molar-refractivity contribution in [2.24, 2.45) is 0 Å². The monoisotopic (exact) mass is 365 g/mol. The molecule has 0 amide bonds. The van der Waals surface area contributed by atoms with Gasteiger partial charge in [0.05, 0.1) is 22.3 Å². The molecule has 2 heterocycles. The summed E-state index contributed by atoms with van der Waals surface area (Å²) in [5, 5.41) is 12.9. The molecule has 1 aliphatic rings. The lowest BCUT2D eigenvalue weighted by atomic mass is 10.1. The maximum absolute atomic E-state index is 11.8. The molecule has 7 nitrogen and oxygen atoms in total. The molecular weight excluding hydrogens is 342 g/mol. The van der Waals surface area contributed by atoms with Crippen LogP contribution in [0.15, 0.2) is 42.5 Å². The molecule has 1 aliphatic heterocycles. The van der Waals surface area contributed by atoms with Gasteiger partial charge in [-0.2, -0.15) is 0 Å². The Labute approximate surface area is 157 Å². The van der Waals surface area contributed by atoms with Gasteiger partial charge in [0.1, 0.15) is 0 Å². The number of aromatic amines is 1. The number of H-pyrrole nitrogens is 1. The van der Waals surface area contributed by atoms with Crippen molar-refractivity contribution in [2.45, 2.75) is 6.54 Å². The number of piperazine rings is 1. The van der Waals surface area contributed by atoms with Gasteiger partial charge in [0.25, 0.3) is 0 Å². The number of benzene rings is 2. The fourth-order valence-corrected chi connectivity index (χ4v) is 3.39. The van der Waals surface area contributed by atoms with Gasteiger partial charge < -0.3 is 25.2 Å². The van der Waals surface area contributed by atoms with E-state index in [0.29, 0.717) is 18.1 Å². The minimum atomic E-state index is -0.917. The van der Waals surface area contributed by atoms with Crippen molar-refractivity contribution < 1.29 is 9.90 Å². The highest BCUT2D eigenvalue weighted by atomic mass is 16.4. The van der Waals surface area contributed by atoms with Crippen LogP contribution in [0.1, 0.15) is 15.9 Å². The van der Waals surface area contributed by atoms with Crippen LogP contribution in [0, 0.1) is 0 Å². The van der Waals surface area contributed by atoms with Crippen LogP contribution in [0.25, 0.3) is 11.0 Å². The second kappa shape index (κ2) is 7.28. The van der Waals surface area contributed by atoms with Crippen molar-refractivity contribution in [1.29, 1.82) is 0 Å². The van der Waals surface area contributed by atoms with Gasteiger partial charge in [-0.25, -0.2) is 9.78 Å². The van der Waals surface area contributed by atoms with Crippen LogP contribution >= 0.6 is 0 Å². The van der Waals surface area contributed by atoms with Crippen molar-refractivity contribution in [2.75, 3.05) is 43.4 Å². The first-order valence-electron chi connectivity index (χ1n) is 9.08. The van der Waals surface area contributed by atoms with Gasteiger partial charge in [-0.15, -0.1) is 0 Å². The van der Waals surface area contributed by atoms with Crippen LogP contribution in [0.3, 0.4) is 0 Å². The van der Waals surface area contributed by atoms with E-state index in [1.165, 1.54) is 0 Å². The fraction of sp³-hybridized carbons (Fsp3) is 0.300. The molecule has 0 aliphatic carbocycles. The van der Waals surface area contributed by atoms with E-state index in [0.717, 1.165) is 48.5 Å². The summed E-state index contributed by atoms with van der Waals surface area (Å²) < 4.78 is 0. The lowest BCUT2D eigenvalue weighted by Gasteiger charge is -2.34. The van der Waals surface area contributed by atoms with Crippen molar-refractivity contribution in [3.05, 3.63) is 53.6 Å². The van der Waals surface area contributed by atoms with Gasteiger partial charge in [0.15, 0.2) is 0 Å². The van der Waals surface area contributed by atoms with Crippen molar-refractivity contribution in [3.63, 3.8) is 0 Å². The van der Waals surface area contributed by atoms with E-state index in [1.807, 2.05) is 36.4 Å². The quantitative estimate of drug-likeness (QED) is 0.645. The Morgan fingerprint density at radius 2 is 1.93 bits per heavy atom.